The van der Waals surface area contributed by atoms with Gasteiger partial charge in [-0.25, -0.2) is 10.1 Å². The van der Waals surface area contributed by atoms with Crippen LogP contribution in [0.1, 0.15) is 48.0 Å². The van der Waals surface area contributed by atoms with E-state index < -0.39 is 17.7 Å². The maximum Gasteiger partial charge on any atom is 0.408 e. The van der Waals surface area contributed by atoms with Gasteiger partial charge in [0.15, 0.2) is 0 Å². The Morgan fingerprint density at radius 1 is 1.33 bits per heavy atom. The number of nitrogens with one attached hydrogen (secondary N) is 2. The fourth-order valence-electron chi connectivity index (χ4n) is 2.20. The van der Waals surface area contributed by atoms with E-state index in [0.717, 1.165) is 19.5 Å². The highest BCUT2D eigenvalue weighted by Gasteiger charge is 2.34. The molecule has 21 heavy (non-hydrogen) atoms. The Balaban J connectivity index is 2.49. The highest BCUT2D eigenvalue weighted by molar-refractivity contribution is 5.85. The van der Waals surface area contributed by atoms with Crippen molar-refractivity contribution in [3.8, 4) is 0 Å². The molecule has 6 heteroatoms. The molecule has 6 nitrogen and oxygen atoms in total. The molecule has 1 saturated heterocycles. The van der Waals surface area contributed by atoms with Gasteiger partial charge >= 0.3 is 6.09 Å². The van der Waals surface area contributed by atoms with E-state index in [-0.39, 0.29) is 17.4 Å². The minimum Gasteiger partial charge on any atom is -0.444 e. The zero-order valence-corrected chi connectivity index (χ0v) is 13.9. The average molecular weight is 298 g/mol. The van der Waals surface area contributed by atoms with Crippen LogP contribution in [0.2, 0.25) is 0 Å². The molecule has 0 aromatic heterocycles. The second-order valence-electron chi connectivity index (χ2n) is 7.31. The van der Waals surface area contributed by atoms with Gasteiger partial charge < -0.3 is 15.4 Å². The van der Waals surface area contributed by atoms with E-state index in [1.54, 1.807) is 27.7 Å². The third kappa shape index (κ3) is 5.91. The summed E-state index contributed by atoms with van der Waals surface area (Å²) < 4.78 is 5.14. The summed E-state index contributed by atoms with van der Waals surface area (Å²) in [4.78, 5) is 23.9. The van der Waals surface area contributed by atoms with Gasteiger partial charge in [0.1, 0.15) is 11.6 Å². The third-order valence-electron chi connectivity index (χ3n) is 3.48. The van der Waals surface area contributed by atoms with E-state index in [0.29, 0.717) is 0 Å². The van der Waals surface area contributed by atoms with Gasteiger partial charge in [-0.2, -0.15) is 0 Å². The summed E-state index contributed by atoms with van der Waals surface area (Å²) in [5.74, 6) is -0.194. The van der Waals surface area contributed by atoms with Crippen LogP contribution in [0.3, 0.4) is 0 Å². The van der Waals surface area contributed by atoms with Gasteiger partial charge in [0, 0.05) is 19.1 Å². The Bertz CT molecular complexity index is 388. The number of carbonyl (C=O) groups excluding carboxylic acids is 2. The van der Waals surface area contributed by atoms with Gasteiger partial charge in [0.25, 0.3) is 0 Å². The molecule has 1 rings (SSSR count). The van der Waals surface area contributed by atoms with Gasteiger partial charge in [-0.15, -0.1) is 0 Å². The molecule has 2 amide bonds. The largest absolute Gasteiger partial charge is 0.444 e. The normalized spacial score (nSPS) is 23.0. The van der Waals surface area contributed by atoms with Crippen LogP contribution in [-0.4, -0.2) is 42.8 Å². The first-order chi connectivity index (χ1) is 9.51. The molecule has 0 spiro atoms. The second-order valence-corrected chi connectivity index (χ2v) is 7.31. The summed E-state index contributed by atoms with van der Waals surface area (Å²) in [6, 6.07) is -0.556. The minimum atomic E-state index is -0.630. The first kappa shape index (κ1) is 17.8. The molecule has 121 valence electrons. The Hall–Kier alpha value is -1.30. The molecular formula is C15H28N3O3. The van der Waals surface area contributed by atoms with Crippen molar-refractivity contribution in [2.24, 2.45) is 5.41 Å². The lowest BCUT2D eigenvalue weighted by Gasteiger charge is -2.39. The maximum absolute atomic E-state index is 12.2. The number of rotatable bonds is 3. The van der Waals surface area contributed by atoms with Crippen LogP contribution in [0.4, 0.5) is 4.79 Å². The maximum atomic E-state index is 12.2. The van der Waals surface area contributed by atoms with Gasteiger partial charge in [-0.05, 0) is 39.5 Å². The number of hydrogen-bond acceptors (Lipinski definition) is 3. The average Bonchev–Trinajstić information content (AvgIpc) is 2.28. The molecule has 2 N–H and O–H groups in total. The number of carbonyl (C=O) groups is 2. The quantitative estimate of drug-likeness (QED) is 0.826. The Kier molecular flexibility index (Phi) is 5.61. The van der Waals surface area contributed by atoms with Crippen molar-refractivity contribution in [3.05, 3.63) is 0 Å². The number of nitrogens with zero attached hydrogens (tertiary/aromatic N) is 1. The van der Waals surface area contributed by atoms with E-state index in [1.165, 1.54) is 0 Å². The fraction of sp³-hybridized carbons (Fsp3) is 0.867. The molecule has 1 radical (unpaired) electrons. The lowest BCUT2D eigenvalue weighted by molar-refractivity contribution is -0.124. The van der Waals surface area contributed by atoms with Crippen LogP contribution in [0.5, 0.6) is 0 Å². The van der Waals surface area contributed by atoms with Crippen molar-refractivity contribution in [1.29, 1.82) is 0 Å². The fourth-order valence-corrected chi connectivity index (χ4v) is 2.20. The summed E-state index contributed by atoms with van der Waals surface area (Å²) in [7, 11) is 0. The van der Waals surface area contributed by atoms with E-state index >= 15 is 0 Å². The molecule has 2 atom stereocenters. The van der Waals surface area contributed by atoms with Crippen molar-refractivity contribution in [2.45, 2.75) is 65.6 Å². The zero-order chi connectivity index (χ0) is 16.3. The predicted octanol–water partition coefficient (Wildman–Crippen LogP) is 1.42. The Labute approximate surface area is 127 Å². The van der Waals surface area contributed by atoms with Crippen LogP contribution in [0.15, 0.2) is 0 Å². The summed E-state index contributed by atoms with van der Waals surface area (Å²) in [5.41, 5.74) is -0.632. The topological polar surface area (TPSA) is 81.5 Å². The summed E-state index contributed by atoms with van der Waals surface area (Å²) >= 11 is 0. The van der Waals surface area contributed by atoms with Crippen LogP contribution in [-0.2, 0) is 9.53 Å². The highest BCUT2D eigenvalue weighted by atomic mass is 16.6. The van der Waals surface area contributed by atoms with Crippen LogP contribution >= 0.6 is 0 Å². The van der Waals surface area contributed by atoms with E-state index in [2.05, 4.69) is 29.8 Å². The van der Waals surface area contributed by atoms with Crippen molar-refractivity contribution in [3.63, 3.8) is 0 Å². The lowest BCUT2D eigenvalue weighted by Crippen LogP contribution is -2.56. The van der Waals surface area contributed by atoms with Crippen LogP contribution < -0.4 is 16.0 Å². The van der Waals surface area contributed by atoms with E-state index in [9.17, 15) is 9.59 Å². The third-order valence-corrected chi connectivity index (χ3v) is 3.48. The van der Waals surface area contributed by atoms with Gasteiger partial charge in [-0.1, -0.05) is 13.8 Å². The first-order valence-corrected chi connectivity index (χ1v) is 7.44. The van der Waals surface area contributed by atoms with Crippen LogP contribution in [0.25, 0.3) is 0 Å². The highest BCUT2D eigenvalue weighted by Crippen LogP contribution is 2.25. The van der Waals surface area contributed by atoms with Crippen molar-refractivity contribution in [2.75, 3.05) is 13.1 Å². The molecule has 1 heterocycles. The van der Waals surface area contributed by atoms with Gasteiger partial charge in [-0.3, -0.25) is 4.79 Å². The zero-order valence-electron chi connectivity index (χ0n) is 13.9. The molecule has 0 aliphatic carbocycles. The van der Waals surface area contributed by atoms with Gasteiger partial charge in [0.2, 0.25) is 5.91 Å². The Morgan fingerprint density at radius 3 is 2.48 bits per heavy atom. The molecular weight excluding hydrogens is 270 g/mol. The van der Waals surface area contributed by atoms with Crippen molar-refractivity contribution in [1.82, 2.24) is 16.0 Å². The molecule has 0 saturated carbocycles. The second kappa shape index (κ2) is 6.64. The smallest absolute Gasteiger partial charge is 0.408 e. The number of hydrogen-bond donors (Lipinski definition) is 2. The summed E-state index contributed by atoms with van der Waals surface area (Å²) in [6.07, 6.45) is 0.251. The standard InChI is InChI=1S/C15H28N3O3/c1-10(17-13(20)21-14(2,3)4)12(19)18-11-7-8-16-9-15(11,5)6/h10-11H,7-9H2,1-6H3,(H,17,20)(H,18,19)/t10-,11?/m0/s1. The van der Waals surface area contributed by atoms with Crippen molar-refractivity contribution >= 4 is 12.0 Å². The SMILES string of the molecule is C[C@H](NC(=O)OC(C)(C)C)C(=O)NC1CC[N]CC1(C)C. The van der Waals surface area contributed by atoms with Gasteiger partial charge in [0.05, 0.1) is 0 Å². The summed E-state index contributed by atoms with van der Waals surface area (Å²) in [5, 5.41) is 9.94. The lowest BCUT2D eigenvalue weighted by atomic mass is 9.80. The first-order valence-electron chi connectivity index (χ1n) is 7.44. The molecule has 0 aromatic carbocycles. The van der Waals surface area contributed by atoms with Crippen molar-refractivity contribution < 1.29 is 14.3 Å². The molecule has 1 aliphatic rings. The molecule has 1 aliphatic heterocycles. The molecule has 0 aromatic rings. The molecule has 1 unspecified atom stereocenters. The monoisotopic (exact) mass is 298 g/mol. The molecule has 0 bridgehead atoms. The number of ether oxygens (including phenoxy) is 1. The Morgan fingerprint density at radius 2 is 1.95 bits per heavy atom. The number of alkyl carbamates (subject to hydrolysis) is 1. The number of piperidine rings is 1. The minimum absolute atomic E-state index is 0.0560. The predicted molar refractivity (Wildman–Crippen MR) is 81.0 cm³/mol. The number of amides is 2. The van der Waals surface area contributed by atoms with E-state index in [1.807, 2.05) is 0 Å². The summed E-state index contributed by atoms with van der Waals surface area (Å²) in [6.45, 7) is 12.7. The van der Waals surface area contributed by atoms with Crippen LogP contribution in [0, 0.1) is 5.41 Å². The van der Waals surface area contributed by atoms with E-state index in [4.69, 9.17) is 4.74 Å². The molecule has 1 fully saturated rings.